The van der Waals surface area contributed by atoms with Crippen LogP contribution in [0.4, 0.5) is 0 Å². The molecule has 148 valence electrons. The molecule has 1 fully saturated rings. The second-order valence-corrected chi connectivity index (χ2v) is 6.88. The SMILES string of the molecule is CCNC(=NCC(=O)NCCc1ccccc1)N1CCCC(CC(N)=O)C1. The zero-order chi connectivity index (χ0) is 19.5. The van der Waals surface area contributed by atoms with Crippen LogP contribution in [0.15, 0.2) is 35.3 Å². The third kappa shape index (κ3) is 7.68. The number of carbonyl (C=O) groups excluding carboxylic acids is 2. The molecule has 1 aliphatic rings. The maximum atomic E-state index is 12.1. The molecule has 4 N–H and O–H groups in total. The minimum Gasteiger partial charge on any atom is -0.370 e. The van der Waals surface area contributed by atoms with E-state index >= 15 is 0 Å². The van der Waals surface area contributed by atoms with Gasteiger partial charge in [0.25, 0.3) is 0 Å². The first-order valence-corrected chi connectivity index (χ1v) is 9.70. The first kappa shape index (κ1) is 20.7. The molecule has 0 bridgehead atoms. The average Bonchev–Trinajstić information content (AvgIpc) is 2.65. The van der Waals surface area contributed by atoms with Crippen LogP contribution in [0.2, 0.25) is 0 Å². The van der Waals surface area contributed by atoms with Crippen molar-refractivity contribution in [2.75, 3.05) is 32.7 Å². The van der Waals surface area contributed by atoms with Gasteiger partial charge in [0.05, 0.1) is 0 Å². The summed E-state index contributed by atoms with van der Waals surface area (Å²) in [5.74, 6) is 0.623. The fourth-order valence-corrected chi connectivity index (χ4v) is 3.33. The number of nitrogens with zero attached hydrogens (tertiary/aromatic N) is 2. The molecule has 2 rings (SSSR count). The highest BCUT2D eigenvalue weighted by Gasteiger charge is 2.23. The largest absolute Gasteiger partial charge is 0.370 e. The predicted octanol–water partition coefficient (Wildman–Crippen LogP) is 0.898. The van der Waals surface area contributed by atoms with Crippen LogP contribution < -0.4 is 16.4 Å². The van der Waals surface area contributed by atoms with E-state index in [1.54, 1.807) is 0 Å². The van der Waals surface area contributed by atoms with Gasteiger partial charge in [-0.25, -0.2) is 4.99 Å². The fourth-order valence-electron chi connectivity index (χ4n) is 3.33. The van der Waals surface area contributed by atoms with E-state index in [0.717, 1.165) is 44.9 Å². The molecular weight excluding hydrogens is 342 g/mol. The lowest BCUT2D eigenvalue weighted by Gasteiger charge is -2.34. The van der Waals surface area contributed by atoms with Crippen molar-refractivity contribution in [2.45, 2.75) is 32.6 Å². The lowest BCUT2D eigenvalue weighted by Crippen LogP contribution is -2.47. The summed E-state index contributed by atoms with van der Waals surface area (Å²) in [5, 5.41) is 6.16. The Hall–Kier alpha value is -2.57. The molecule has 1 aromatic carbocycles. The summed E-state index contributed by atoms with van der Waals surface area (Å²) in [5.41, 5.74) is 6.53. The Balaban J connectivity index is 1.82. The van der Waals surface area contributed by atoms with Crippen molar-refractivity contribution >= 4 is 17.8 Å². The van der Waals surface area contributed by atoms with Gasteiger partial charge in [0.1, 0.15) is 6.54 Å². The molecule has 27 heavy (non-hydrogen) atoms. The van der Waals surface area contributed by atoms with Crippen LogP contribution in [0, 0.1) is 5.92 Å². The van der Waals surface area contributed by atoms with E-state index in [-0.39, 0.29) is 24.3 Å². The van der Waals surface area contributed by atoms with Crippen LogP contribution in [-0.2, 0) is 16.0 Å². The summed E-state index contributed by atoms with van der Waals surface area (Å²) in [7, 11) is 0. The van der Waals surface area contributed by atoms with Crippen LogP contribution in [-0.4, -0.2) is 55.4 Å². The Morgan fingerprint density at radius 2 is 2.04 bits per heavy atom. The molecule has 1 unspecified atom stereocenters. The Bertz CT molecular complexity index is 633. The number of rotatable bonds is 8. The number of amides is 2. The van der Waals surface area contributed by atoms with Gasteiger partial charge < -0.3 is 21.3 Å². The number of hydrogen-bond donors (Lipinski definition) is 3. The van der Waals surface area contributed by atoms with Crippen LogP contribution in [0.25, 0.3) is 0 Å². The van der Waals surface area contributed by atoms with Crippen molar-refractivity contribution in [2.24, 2.45) is 16.6 Å². The molecule has 1 atom stereocenters. The third-order valence-corrected chi connectivity index (χ3v) is 4.59. The maximum absolute atomic E-state index is 12.1. The Morgan fingerprint density at radius 1 is 1.26 bits per heavy atom. The van der Waals surface area contributed by atoms with Gasteiger partial charge in [-0.2, -0.15) is 0 Å². The molecule has 7 nitrogen and oxygen atoms in total. The molecule has 0 radical (unpaired) electrons. The van der Waals surface area contributed by atoms with Crippen molar-refractivity contribution in [3.63, 3.8) is 0 Å². The molecule has 0 saturated carbocycles. The van der Waals surface area contributed by atoms with Gasteiger partial charge in [-0.1, -0.05) is 30.3 Å². The van der Waals surface area contributed by atoms with Gasteiger partial charge >= 0.3 is 0 Å². The standard InChI is InChI=1S/C20H31N5O2/c1-2-22-20(25-12-6-9-17(15-25)13-18(21)26)24-14-19(27)23-11-10-16-7-4-3-5-8-16/h3-5,7-8,17H,2,6,9-15H2,1H3,(H2,21,26)(H,22,24)(H,23,27). The minimum atomic E-state index is -0.262. The van der Waals surface area contributed by atoms with Crippen LogP contribution >= 0.6 is 0 Å². The van der Waals surface area contributed by atoms with Crippen LogP contribution in [0.3, 0.4) is 0 Å². The normalized spacial score (nSPS) is 17.4. The molecule has 0 aromatic heterocycles. The van der Waals surface area contributed by atoms with E-state index in [2.05, 4.69) is 20.5 Å². The molecule has 0 aliphatic carbocycles. The second kappa shape index (κ2) is 11.2. The predicted molar refractivity (Wildman–Crippen MR) is 107 cm³/mol. The molecule has 1 saturated heterocycles. The van der Waals surface area contributed by atoms with Gasteiger partial charge in [-0.15, -0.1) is 0 Å². The van der Waals surface area contributed by atoms with Crippen LogP contribution in [0.5, 0.6) is 0 Å². The van der Waals surface area contributed by atoms with E-state index in [0.29, 0.717) is 13.0 Å². The lowest BCUT2D eigenvalue weighted by molar-refractivity contribution is -0.120. The molecule has 1 aliphatic heterocycles. The zero-order valence-corrected chi connectivity index (χ0v) is 16.1. The van der Waals surface area contributed by atoms with Gasteiger partial charge in [-0.05, 0) is 37.7 Å². The summed E-state index contributed by atoms with van der Waals surface area (Å²) in [6.45, 7) is 5.03. The quantitative estimate of drug-likeness (QED) is 0.466. The van der Waals surface area contributed by atoms with Gasteiger partial charge in [0.15, 0.2) is 5.96 Å². The zero-order valence-electron chi connectivity index (χ0n) is 16.1. The van der Waals surface area contributed by atoms with E-state index in [1.165, 1.54) is 5.56 Å². The number of aliphatic imine (C=N–C) groups is 1. The summed E-state index contributed by atoms with van der Waals surface area (Å²) < 4.78 is 0. The maximum Gasteiger partial charge on any atom is 0.241 e. The molecule has 1 aromatic rings. The highest BCUT2D eigenvalue weighted by Crippen LogP contribution is 2.19. The molecule has 2 amide bonds. The molecule has 7 heteroatoms. The highest BCUT2D eigenvalue weighted by atomic mass is 16.2. The number of hydrogen-bond acceptors (Lipinski definition) is 3. The lowest BCUT2D eigenvalue weighted by atomic mass is 9.95. The van der Waals surface area contributed by atoms with Gasteiger partial charge in [0, 0.05) is 32.6 Å². The van der Waals surface area contributed by atoms with Crippen molar-refractivity contribution in [3.05, 3.63) is 35.9 Å². The number of guanidine groups is 1. The summed E-state index contributed by atoms with van der Waals surface area (Å²) in [6.07, 6.45) is 3.19. The molecule has 1 heterocycles. The van der Waals surface area contributed by atoms with Crippen molar-refractivity contribution in [1.29, 1.82) is 0 Å². The Kier molecular flexibility index (Phi) is 8.61. The number of primary amides is 1. The second-order valence-electron chi connectivity index (χ2n) is 6.88. The first-order valence-electron chi connectivity index (χ1n) is 9.70. The number of nitrogens with one attached hydrogen (secondary N) is 2. The van der Waals surface area contributed by atoms with E-state index in [4.69, 9.17) is 5.73 Å². The summed E-state index contributed by atoms with van der Waals surface area (Å²) in [4.78, 5) is 29.9. The smallest absolute Gasteiger partial charge is 0.241 e. The van der Waals surface area contributed by atoms with Gasteiger partial charge in [-0.3, -0.25) is 9.59 Å². The third-order valence-electron chi connectivity index (χ3n) is 4.59. The number of nitrogens with two attached hydrogens (primary N) is 1. The fraction of sp³-hybridized carbons (Fsp3) is 0.550. The number of likely N-dealkylation sites (tertiary alicyclic amines) is 1. The van der Waals surface area contributed by atoms with Crippen LogP contribution in [0.1, 0.15) is 31.7 Å². The minimum absolute atomic E-state index is 0.0907. The number of carbonyl (C=O) groups is 2. The van der Waals surface area contributed by atoms with Gasteiger partial charge in [0.2, 0.25) is 11.8 Å². The highest BCUT2D eigenvalue weighted by molar-refractivity contribution is 5.85. The monoisotopic (exact) mass is 373 g/mol. The molecule has 0 spiro atoms. The Labute approximate surface area is 161 Å². The first-order chi connectivity index (χ1) is 13.1. The topological polar surface area (TPSA) is 99.8 Å². The molecular formula is C20H31N5O2. The van der Waals surface area contributed by atoms with E-state index in [9.17, 15) is 9.59 Å². The van der Waals surface area contributed by atoms with Crippen molar-refractivity contribution in [1.82, 2.24) is 15.5 Å². The van der Waals surface area contributed by atoms with E-state index < -0.39 is 0 Å². The van der Waals surface area contributed by atoms with Crippen molar-refractivity contribution < 1.29 is 9.59 Å². The Morgan fingerprint density at radius 3 is 2.74 bits per heavy atom. The summed E-state index contributed by atoms with van der Waals surface area (Å²) in [6, 6.07) is 10.1. The number of piperidine rings is 1. The van der Waals surface area contributed by atoms with E-state index in [1.807, 2.05) is 37.3 Å². The van der Waals surface area contributed by atoms with Crippen molar-refractivity contribution in [3.8, 4) is 0 Å². The summed E-state index contributed by atoms with van der Waals surface area (Å²) >= 11 is 0. The number of benzene rings is 1. The average molecular weight is 374 g/mol.